The van der Waals surface area contributed by atoms with Crippen LogP contribution in [0.15, 0.2) is 59.8 Å². The number of benzene rings is 1. The van der Waals surface area contributed by atoms with Gasteiger partial charge in [0.15, 0.2) is 0 Å². The molecule has 1 unspecified atom stereocenters. The van der Waals surface area contributed by atoms with Gasteiger partial charge in [-0.05, 0) is 51.4 Å². The van der Waals surface area contributed by atoms with Gasteiger partial charge < -0.3 is 26.7 Å². The van der Waals surface area contributed by atoms with Crippen LogP contribution < -0.4 is 11.5 Å². The fourth-order valence-electron chi connectivity index (χ4n) is 3.61. The zero-order chi connectivity index (χ0) is 26.8. The fourth-order valence-corrected chi connectivity index (χ4v) is 3.94. The summed E-state index contributed by atoms with van der Waals surface area (Å²) in [4.78, 5) is 9.18. The van der Waals surface area contributed by atoms with Crippen LogP contribution in [-0.4, -0.2) is 60.5 Å². The Morgan fingerprint density at radius 3 is 2.23 bits per heavy atom. The number of nitrogens with two attached hydrogens (primary N) is 2. The second kappa shape index (κ2) is 13.7. The van der Waals surface area contributed by atoms with E-state index in [2.05, 4.69) is 63.2 Å². The molecule has 6 nitrogen and oxygen atoms in total. The Bertz CT molecular complexity index is 926. The summed E-state index contributed by atoms with van der Waals surface area (Å²) in [7, 11) is 3.99. The number of thiol groups is 1. The predicted molar refractivity (Wildman–Crippen MR) is 157 cm³/mol. The second-order valence-electron chi connectivity index (χ2n) is 10.0. The highest BCUT2D eigenvalue weighted by Gasteiger charge is 2.30. The molecular weight excluding hydrogens is 452 g/mol. The largest absolute Gasteiger partial charge is 0.378 e. The zero-order valence-electron chi connectivity index (χ0n) is 22.6. The second-order valence-corrected chi connectivity index (χ2v) is 10.4. The number of hydrogen-bond acceptors (Lipinski definition) is 6. The van der Waals surface area contributed by atoms with Crippen LogP contribution >= 0.6 is 12.6 Å². The van der Waals surface area contributed by atoms with Crippen LogP contribution in [0, 0.1) is 17.7 Å². The molecule has 5 N–H and O–H groups in total. The molecule has 1 aromatic rings. The highest BCUT2D eigenvalue weighted by molar-refractivity contribution is 7.80. The molecule has 0 fully saturated rings. The number of nitrogens with one attached hydrogen (secondary N) is 1. The molecule has 0 radical (unpaired) electrons. The van der Waals surface area contributed by atoms with E-state index in [0.717, 1.165) is 47.8 Å². The number of allylic oxidation sites excluding steroid dienone is 3. The van der Waals surface area contributed by atoms with E-state index in [1.165, 1.54) is 11.8 Å². The van der Waals surface area contributed by atoms with Crippen molar-refractivity contribution in [1.82, 2.24) is 9.80 Å². The average Bonchev–Trinajstić information content (AvgIpc) is 2.80. The number of rotatable bonds is 14. The third-order valence-corrected chi connectivity index (χ3v) is 7.16. The Hall–Kier alpha value is -2.35. The van der Waals surface area contributed by atoms with Crippen LogP contribution in [0.3, 0.4) is 0 Å². The first-order valence-corrected chi connectivity index (χ1v) is 12.7. The minimum Gasteiger partial charge on any atom is -0.378 e. The van der Waals surface area contributed by atoms with Crippen LogP contribution in [0.5, 0.6) is 0 Å². The Morgan fingerprint density at radius 2 is 1.74 bits per heavy atom. The molecule has 0 aliphatic rings. The van der Waals surface area contributed by atoms with E-state index in [-0.39, 0.29) is 5.41 Å². The molecule has 0 bridgehead atoms. The molecule has 1 rings (SSSR count). The van der Waals surface area contributed by atoms with E-state index in [9.17, 15) is 0 Å². The summed E-state index contributed by atoms with van der Waals surface area (Å²) >= 11 is 4.77. The topological polar surface area (TPSA) is 94.7 Å². The molecule has 0 aliphatic heterocycles. The summed E-state index contributed by atoms with van der Waals surface area (Å²) in [5.74, 6) is 1.47. The van der Waals surface area contributed by atoms with E-state index in [1.807, 2.05) is 31.9 Å². The number of hydrogen-bond donors (Lipinski definition) is 4. The standard InChI is InChI=1S/C28H46N6S/c1-9-25(27(5,20-35)16-18-33(7)22(3)14-15-28(6,30)31)26(24-12-10-21(2)11-13-24)32-23(4)34(8)19-17-29/h9-13,17,29,35H,1,3,14-16,18-20,30-31H2,2,4-8H3/b26-25+,29-17?,32-23?. The predicted octanol–water partition coefficient (Wildman–Crippen LogP) is 5.08. The van der Waals surface area contributed by atoms with Crippen molar-refractivity contribution in [3.63, 3.8) is 0 Å². The van der Waals surface area contributed by atoms with Crippen molar-refractivity contribution in [3.8, 4) is 0 Å². The smallest absolute Gasteiger partial charge is 0.102 e. The van der Waals surface area contributed by atoms with Gasteiger partial charge >= 0.3 is 0 Å². The molecule has 194 valence electrons. The normalized spacial score (nSPS) is 14.6. The van der Waals surface area contributed by atoms with Gasteiger partial charge in [0, 0.05) is 43.5 Å². The molecule has 1 atom stereocenters. The molecule has 0 heterocycles. The summed E-state index contributed by atoms with van der Waals surface area (Å²) in [5.41, 5.74) is 16.1. The Kier molecular flexibility index (Phi) is 12.0. The van der Waals surface area contributed by atoms with Crippen molar-refractivity contribution < 1.29 is 0 Å². The highest BCUT2D eigenvalue weighted by Crippen LogP contribution is 2.39. The first-order chi connectivity index (χ1) is 16.3. The van der Waals surface area contributed by atoms with Gasteiger partial charge in [0.25, 0.3) is 0 Å². The summed E-state index contributed by atoms with van der Waals surface area (Å²) in [6.07, 6.45) is 5.56. The molecule has 0 amide bonds. The van der Waals surface area contributed by atoms with E-state index < -0.39 is 5.66 Å². The Balaban J connectivity index is 3.40. The summed E-state index contributed by atoms with van der Waals surface area (Å²) in [6.45, 7) is 17.8. The molecule has 0 saturated heterocycles. The van der Waals surface area contributed by atoms with Crippen molar-refractivity contribution in [1.29, 1.82) is 5.41 Å². The van der Waals surface area contributed by atoms with Crippen molar-refractivity contribution in [2.24, 2.45) is 21.9 Å². The Labute approximate surface area is 218 Å². The summed E-state index contributed by atoms with van der Waals surface area (Å²) in [5, 5.41) is 7.45. The molecule has 0 aromatic heterocycles. The van der Waals surface area contributed by atoms with Gasteiger partial charge in [-0.25, -0.2) is 4.99 Å². The molecule has 0 saturated carbocycles. The van der Waals surface area contributed by atoms with E-state index >= 15 is 0 Å². The first-order valence-electron chi connectivity index (χ1n) is 12.0. The molecular formula is C28H46N6S. The number of nitrogens with zero attached hydrogens (tertiary/aromatic N) is 3. The zero-order valence-corrected chi connectivity index (χ0v) is 23.5. The number of aliphatic imine (C=N–C) groups is 1. The van der Waals surface area contributed by atoms with Gasteiger partial charge in [-0.15, -0.1) is 0 Å². The van der Waals surface area contributed by atoms with Gasteiger partial charge in [-0.3, -0.25) is 0 Å². The van der Waals surface area contributed by atoms with Gasteiger partial charge in [0.2, 0.25) is 0 Å². The quantitative estimate of drug-likeness (QED) is 0.0946. The van der Waals surface area contributed by atoms with Crippen LogP contribution in [0.4, 0.5) is 0 Å². The van der Waals surface area contributed by atoms with Crippen molar-refractivity contribution in [2.45, 2.75) is 52.6 Å². The van der Waals surface area contributed by atoms with Crippen LogP contribution in [0.25, 0.3) is 5.70 Å². The molecule has 0 aliphatic carbocycles. The molecule has 0 spiro atoms. The molecule has 35 heavy (non-hydrogen) atoms. The number of aryl methyl sites for hydroxylation is 1. The van der Waals surface area contributed by atoms with Crippen LogP contribution in [-0.2, 0) is 0 Å². The minimum absolute atomic E-state index is 0.278. The average molecular weight is 499 g/mol. The lowest BCUT2D eigenvalue weighted by atomic mass is 9.78. The molecule has 1 aromatic carbocycles. The number of amidine groups is 1. The van der Waals surface area contributed by atoms with Crippen molar-refractivity contribution >= 4 is 30.4 Å². The minimum atomic E-state index is -0.703. The fraction of sp³-hybridized carbons (Fsp3) is 0.500. The third-order valence-electron chi connectivity index (χ3n) is 6.47. The highest BCUT2D eigenvalue weighted by atomic mass is 32.1. The monoisotopic (exact) mass is 498 g/mol. The van der Waals surface area contributed by atoms with Gasteiger partial charge in [-0.1, -0.05) is 56.0 Å². The molecule has 7 heteroatoms. The van der Waals surface area contributed by atoms with Gasteiger partial charge in [0.1, 0.15) is 5.84 Å². The maximum Gasteiger partial charge on any atom is 0.102 e. The van der Waals surface area contributed by atoms with Gasteiger partial charge in [0.05, 0.1) is 17.9 Å². The summed E-state index contributed by atoms with van der Waals surface area (Å²) < 4.78 is 0. The first kappa shape index (κ1) is 30.7. The van der Waals surface area contributed by atoms with Crippen LogP contribution in [0.1, 0.15) is 51.2 Å². The van der Waals surface area contributed by atoms with Crippen molar-refractivity contribution in [3.05, 3.63) is 65.9 Å². The maximum absolute atomic E-state index is 7.45. The van der Waals surface area contributed by atoms with E-state index in [1.54, 1.807) is 0 Å². The van der Waals surface area contributed by atoms with Crippen LogP contribution in [0.2, 0.25) is 0 Å². The van der Waals surface area contributed by atoms with Gasteiger partial charge in [-0.2, -0.15) is 12.6 Å². The lowest BCUT2D eigenvalue weighted by Gasteiger charge is -2.34. The SMILES string of the molecule is C=C/C(=C(\N=C(C)N(C)CC=N)c1ccc(C)cc1)C(C)(CS)CCN(C)C(=C)CCC(C)(N)N. The van der Waals surface area contributed by atoms with E-state index in [4.69, 9.17) is 34.5 Å². The lowest BCUT2D eigenvalue weighted by Crippen LogP contribution is -2.46. The lowest BCUT2D eigenvalue weighted by molar-refractivity contribution is 0.313. The maximum atomic E-state index is 7.45. The van der Waals surface area contributed by atoms with Crippen molar-refractivity contribution in [2.75, 3.05) is 32.9 Å². The summed E-state index contributed by atoms with van der Waals surface area (Å²) in [6, 6.07) is 8.40. The Morgan fingerprint density at radius 1 is 1.14 bits per heavy atom. The third kappa shape index (κ3) is 9.67. The van der Waals surface area contributed by atoms with E-state index in [0.29, 0.717) is 18.7 Å².